The van der Waals surface area contributed by atoms with Gasteiger partial charge in [-0.3, -0.25) is 9.38 Å². The molecular formula is C17H9F3N6. The molecule has 6 nitrogen and oxygen atoms in total. The molecule has 0 radical (unpaired) electrons. The number of para-hydroxylation sites is 2. The summed E-state index contributed by atoms with van der Waals surface area (Å²) < 4.78 is 42.0. The Morgan fingerprint density at radius 1 is 1.15 bits per heavy atom. The van der Waals surface area contributed by atoms with Crippen LogP contribution in [0.4, 0.5) is 24.8 Å². The van der Waals surface area contributed by atoms with Crippen molar-refractivity contribution in [3.8, 4) is 6.07 Å². The molecular weight excluding hydrogens is 345 g/mol. The second-order valence-electron chi connectivity index (χ2n) is 5.40. The summed E-state index contributed by atoms with van der Waals surface area (Å²) in [5.41, 5.74) is -0.618. The first-order chi connectivity index (χ1) is 12.5. The number of benzene rings is 1. The van der Waals surface area contributed by atoms with Gasteiger partial charge in [-0.1, -0.05) is 12.1 Å². The van der Waals surface area contributed by atoms with Crippen molar-refractivity contribution in [2.24, 2.45) is 0 Å². The van der Waals surface area contributed by atoms with Crippen LogP contribution >= 0.6 is 0 Å². The van der Waals surface area contributed by atoms with Crippen LogP contribution in [0.2, 0.25) is 0 Å². The van der Waals surface area contributed by atoms with E-state index in [1.165, 1.54) is 23.0 Å². The Kier molecular flexibility index (Phi) is 3.47. The van der Waals surface area contributed by atoms with Gasteiger partial charge in [0.05, 0.1) is 22.8 Å². The number of hydrogen-bond acceptors (Lipinski definition) is 5. The maximum Gasteiger partial charge on any atom is 0.417 e. The molecule has 0 atom stereocenters. The SMILES string of the molecule is N#Cc1c(C(F)(F)F)cc(Nc2cnccn2)n2c1nc1ccccc12. The van der Waals surface area contributed by atoms with E-state index >= 15 is 0 Å². The minimum Gasteiger partial charge on any atom is -0.325 e. The zero-order valence-electron chi connectivity index (χ0n) is 13.0. The van der Waals surface area contributed by atoms with Gasteiger partial charge in [-0.05, 0) is 18.2 Å². The standard InChI is InChI=1S/C17H9F3N6/c18-17(19,20)11-7-15(25-14-9-22-5-6-23-14)26-13-4-2-1-3-12(13)24-16(26)10(11)8-21/h1-7,9H,(H,23,25). The topological polar surface area (TPSA) is 78.9 Å². The number of imidazole rings is 1. The van der Waals surface area contributed by atoms with Gasteiger partial charge in [0.2, 0.25) is 0 Å². The van der Waals surface area contributed by atoms with Gasteiger partial charge in [-0.25, -0.2) is 9.97 Å². The Hall–Kier alpha value is -3.67. The Labute approximate surface area is 144 Å². The van der Waals surface area contributed by atoms with Gasteiger partial charge in [-0.15, -0.1) is 0 Å². The molecule has 1 aromatic carbocycles. The van der Waals surface area contributed by atoms with Gasteiger partial charge >= 0.3 is 6.18 Å². The molecule has 4 aromatic rings. The molecule has 1 N–H and O–H groups in total. The smallest absolute Gasteiger partial charge is 0.325 e. The third-order valence-electron chi connectivity index (χ3n) is 3.81. The molecule has 0 aliphatic rings. The number of nitrogens with one attached hydrogen (secondary N) is 1. The fourth-order valence-electron chi connectivity index (χ4n) is 2.75. The predicted octanol–water partition coefficient (Wildman–Crippen LogP) is 3.91. The summed E-state index contributed by atoms with van der Waals surface area (Å²) in [6, 6.07) is 9.37. The van der Waals surface area contributed by atoms with E-state index in [-0.39, 0.29) is 17.3 Å². The zero-order chi connectivity index (χ0) is 18.3. The molecule has 0 fully saturated rings. The Morgan fingerprint density at radius 3 is 2.65 bits per heavy atom. The highest BCUT2D eigenvalue weighted by Crippen LogP contribution is 2.37. The highest BCUT2D eigenvalue weighted by Gasteiger charge is 2.36. The number of halogens is 3. The Bertz CT molecular complexity index is 1160. The monoisotopic (exact) mass is 354 g/mol. The number of nitrogens with zero attached hydrogens (tertiary/aromatic N) is 5. The molecule has 0 amide bonds. The van der Waals surface area contributed by atoms with E-state index in [4.69, 9.17) is 0 Å². The van der Waals surface area contributed by atoms with Gasteiger partial charge < -0.3 is 5.32 Å². The predicted molar refractivity (Wildman–Crippen MR) is 87.7 cm³/mol. The van der Waals surface area contributed by atoms with Crippen LogP contribution in [0.15, 0.2) is 48.9 Å². The number of nitriles is 1. The summed E-state index contributed by atoms with van der Waals surface area (Å²) in [6.45, 7) is 0. The maximum absolute atomic E-state index is 13.5. The van der Waals surface area contributed by atoms with Crippen LogP contribution < -0.4 is 5.32 Å². The average molecular weight is 354 g/mol. The third kappa shape index (κ3) is 2.48. The number of hydrogen-bond donors (Lipinski definition) is 1. The molecule has 0 saturated carbocycles. The second kappa shape index (κ2) is 5.70. The first kappa shape index (κ1) is 15.8. The van der Waals surface area contributed by atoms with E-state index in [1.807, 2.05) is 0 Å². The highest BCUT2D eigenvalue weighted by atomic mass is 19.4. The highest BCUT2D eigenvalue weighted by molar-refractivity contribution is 5.85. The Morgan fingerprint density at radius 2 is 1.96 bits per heavy atom. The van der Waals surface area contributed by atoms with Gasteiger partial charge in [0.1, 0.15) is 23.3 Å². The molecule has 4 rings (SSSR count). The number of rotatable bonds is 2. The number of fused-ring (bicyclic) bond motifs is 3. The third-order valence-corrected chi connectivity index (χ3v) is 3.81. The van der Waals surface area contributed by atoms with Crippen molar-refractivity contribution in [1.29, 1.82) is 5.26 Å². The summed E-state index contributed by atoms with van der Waals surface area (Å²) in [5.74, 6) is 0.352. The van der Waals surface area contributed by atoms with Gasteiger partial charge in [0.15, 0.2) is 5.65 Å². The van der Waals surface area contributed by atoms with Crippen LogP contribution in [0.1, 0.15) is 11.1 Å². The molecule has 0 unspecified atom stereocenters. The fraction of sp³-hybridized carbons (Fsp3) is 0.0588. The maximum atomic E-state index is 13.5. The summed E-state index contributed by atoms with van der Waals surface area (Å²) in [4.78, 5) is 12.1. The minimum absolute atomic E-state index is 0.0742. The van der Waals surface area contributed by atoms with Crippen molar-refractivity contribution in [2.45, 2.75) is 6.18 Å². The van der Waals surface area contributed by atoms with Crippen LogP contribution in [-0.2, 0) is 6.18 Å². The molecule has 0 aliphatic carbocycles. The molecule has 26 heavy (non-hydrogen) atoms. The lowest BCUT2D eigenvalue weighted by Gasteiger charge is -2.15. The molecule has 0 saturated heterocycles. The summed E-state index contributed by atoms with van der Waals surface area (Å²) in [6.07, 6.45) is -0.451. The lowest BCUT2D eigenvalue weighted by molar-refractivity contribution is -0.137. The molecule has 0 bridgehead atoms. The van der Waals surface area contributed by atoms with Crippen molar-refractivity contribution in [1.82, 2.24) is 19.4 Å². The summed E-state index contributed by atoms with van der Waals surface area (Å²) >= 11 is 0. The lowest BCUT2D eigenvalue weighted by Crippen LogP contribution is -2.12. The number of pyridine rings is 1. The van der Waals surface area contributed by atoms with Gasteiger partial charge in [0, 0.05) is 12.4 Å². The quantitative estimate of drug-likeness (QED) is 0.590. The van der Waals surface area contributed by atoms with E-state index in [9.17, 15) is 18.4 Å². The van der Waals surface area contributed by atoms with Crippen molar-refractivity contribution in [3.05, 3.63) is 60.0 Å². The molecule has 3 aromatic heterocycles. The fourth-order valence-corrected chi connectivity index (χ4v) is 2.75. The van der Waals surface area contributed by atoms with E-state index in [0.717, 1.165) is 6.07 Å². The largest absolute Gasteiger partial charge is 0.417 e. The van der Waals surface area contributed by atoms with Crippen LogP contribution in [0.3, 0.4) is 0 Å². The molecule has 9 heteroatoms. The Balaban J connectivity index is 2.10. The number of aromatic nitrogens is 4. The van der Waals surface area contributed by atoms with E-state index in [0.29, 0.717) is 11.0 Å². The zero-order valence-corrected chi connectivity index (χ0v) is 13.0. The second-order valence-corrected chi connectivity index (χ2v) is 5.40. The average Bonchev–Trinajstić information content (AvgIpc) is 3.01. The molecule has 128 valence electrons. The van der Waals surface area contributed by atoms with Crippen LogP contribution in [0.5, 0.6) is 0 Å². The summed E-state index contributed by atoms with van der Waals surface area (Å²) in [5, 5.41) is 12.2. The van der Waals surface area contributed by atoms with E-state index in [1.54, 1.807) is 30.3 Å². The van der Waals surface area contributed by atoms with Crippen LogP contribution in [0, 0.1) is 11.3 Å². The minimum atomic E-state index is -4.70. The van der Waals surface area contributed by atoms with Gasteiger partial charge in [0.25, 0.3) is 0 Å². The van der Waals surface area contributed by atoms with Crippen molar-refractivity contribution < 1.29 is 13.2 Å². The summed E-state index contributed by atoms with van der Waals surface area (Å²) in [7, 11) is 0. The van der Waals surface area contributed by atoms with Gasteiger partial charge in [-0.2, -0.15) is 18.4 Å². The normalized spacial score (nSPS) is 11.6. The van der Waals surface area contributed by atoms with Crippen molar-refractivity contribution in [2.75, 3.05) is 5.32 Å². The van der Waals surface area contributed by atoms with Crippen molar-refractivity contribution >= 4 is 28.3 Å². The molecule has 3 heterocycles. The van der Waals surface area contributed by atoms with Crippen LogP contribution in [-0.4, -0.2) is 19.4 Å². The number of alkyl halides is 3. The van der Waals surface area contributed by atoms with E-state index in [2.05, 4.69) is 20.3 Å². The first-order valence-electron chi connectivity index (χ1n) is 7.43. The molecule has 0 spiro atoms. The van der Waals surface area contributed by atoms with Crippen molar-refractivity contribution in [3.63, 3.8) is 0 Å². The van der Waals surface area contributed by atoms with E-state index < -0.39 is 17.3 Å². The number of anilines is 2. The molecule has 0 aliphatic heterocycles. The lowest BCUT2D eigenvalue weighted by atomic mass is 10.1. The first-order valence-corrected chi connectivity index (χ1v) is 7.43. The van der Waals surface area contributed by atoms with Crippen LogP contribution in [0.25, 0.3) is 16.7 Å².